The fraction of sp³-hybridized carbons (Fsp3) is 0.364. The van der Waals surface area contributed by atoms with Gasteiger partial charge in [-0.2, -0.15) is 0 Å². The van der Waals surface area contributed by atoms with E-state index >= 15 is 0 Å². The highest BCUT2D eigenvalue weighted by Gasteiger charge is 2.21. The molecule has 0 aliphatic carbocycles. The van der Waals surface area contributed by atoms with E-state index in [1.165, 1.54) is 7.11 Å². The summed E-state index contributed by atoms with van der Waals surface area (Å²) in [6.07, 6.45) is -0.256. The highest BCUT2D eigenvalue weighted by atomic mass is 79.9. The monoisotopic (exact) mass is 303 g/mol. The molecule has 0 radical (unpaired) electrons. The van der Waals surface area contributed by atoms with Gasteiger partial charge in [-0.3, -0.25) is 4.79 Å². The SMILES string of the molecule is COc1cc(Br)c(C)c(C(N)CC(=O)O)c1O. The number of ether oxygens (including phenoxy) is 1. The summed E-state index contributed by atoms with van der Waals surface area (Å²) < 4.78 is 5.70. The Morgan fingerprint density at radius 3 is 2.71 bits per heavy atom. The molecule has 0 fully saturated rings. The van der Waals surface area contributed by atoms with Crippen LogP contribution >= 0.6 is 15.9 Å². The van der Waals surface area contributed by atoms with Crippen LogP contribution < -0.4 is 10.5 Å². The van der Waals surface area contributed by atoms with Crippen LogP contribution in [0.5, 0.6) is 11.5 Å². The van der Waals surface area contributed by atoms with Crippen LogP contribution in [-0.2, 0) is 4.79 Å². The Morgan fingerprint density at radius 2 is 2.24 bits per heavy atom. The minimum Gasteiger partial charge on any atom is -0.504 e. The summed E-state index contributed by atoms with van der Waals surface area (Å²) in [6.45, 7) is 1.75. The van der Waals surface area contributed by atoms with Crippen LogP contribution in [0.3, 0.4) is 0 Å². The van der Waals surface area contributed by atoms with Crippen molar-refractivity contribution in [2.75, 3.05) is 7.11 Å². The van der Waals surface area contributed by atoms with Crippen molar-refractivity contribution in [1.29, 1.82) is 0 Å². The van der Waals surface area contributed by atoms with Crippen molar-refractivity contribution < 1.29 is 19.7 Å². The minimum atomic E-state index is -1.02. The van der Waals surface area contributed by atoms with Crippen molar-refractivity contribution in [3.05, 3.63) is 21.7 Å². The molecule has 0 heterocycles. The molecule has 5 nitrogen and oxygen atoms in total. The highest BCUT2D eigenvalue weighted by Crippen LogP contribution is 2.40. The molecule has 1 rings (SSSR count). The molecule has 17 heavy (non-hydrogen) atoms. The Hall–Kier alpha value is -1.27. The normalized spacial score (nSPS) is 12.2. The largest absolute Gasteiger partial charge is 0.504 e. The number of rotatable bonds is 4. The molecule has 0 spiro atoms. The molecule has 6 heteroatoms. The van der Waals surface area contributed by atoms with E-state index in [1.54, 1.807) is 13.0 Å². The first kappa shape index (κ1) is 13.8. The van der Waals surface area contributed by atoms with E-state index in [1.807, 2.05) is 0 Å². The predicted molar refractivity (Wildman–Crippen MR) is 66.3 cm³/mol. The minimum absolute atomic E-state index is 0.109. The molecular weight excluding hydrogens is 290 g/mol. The Balaban J connectivity index is 3.30. The Bertz CT molecular complexity index is 448. The van der Waals surface area contributed by atoms with Crippen LogP contribution in [0.25, 0.3) is 0 Å². The number of nitrogens with two attached hydrogens (primary N) is 1. The third-order valence-electron chi connectivity index (χ3n) is 2.49. The standard InChI is InChI=1S/C11H14BrNO4/c1-5-6(12)3-8(17-2)11(16)10(5)7(13)4-9(14)15/h3,7,16H,4,13H2,1-2H3,(H,14,15). The molecule has 94 valence electrons. The summed E-state index contributed by atoms with van der Waals surface area (Å²) in [4.78, 5) is 10.6. The molecule has 1 aromatic rings. The molecule has 0 aliphatic heterocycles. The van der Waals surface area contributed by atoms with Crippen molar-refractivity contribution in [1.82, 2.24) is 0 Å². The lowest BCUT2D eigenvalue weighted by Gasteiger charge is -2.18. The van der Waals surface area contributed by atoms with Gasteiger partial charge in [0.2, 0.25) is 0 Å². The lowest BCUT2D eigenvalue weighted by molar-refractivity contribution is -0.137. The number of carboxylic acids is 1. The van der Waals surface area contributed by atoms with Crippen LogP contribution in [0.15, 0.2) is 10.5 Å². The number of methoxy groups -OCH3 is 1. The maximum Gasteiger partial charge on any atom is 0.305 e. The van der Waals surface area contributed by atoms with Gasteiger partial charge in [-0.15, -0.1) is 0 Å². The van der Waals surface area contributed by atoms with E-state index in [4.69, 9.17) is 15.6 Å². The zero-order chi connectivity index (χ0) is 13.2. The van der Waals surface area contributed by atoms with Crippen molar-refractivity contribution in [3.63, 3.8) is 0 Å². The van der Waals surface area contributed by atoms with E-state index < -0.39 is 12.0 Å². The molecular formula is C11H14BrNO4. The number of benzene rings is 1. The number of aromatic hydroxyl groups is 1. The molecule has 1 atom stereocenters. The number of phenolic OH excluding ortho intramolecular Hbond substituents is 1. The first-order valence-corrected chi connectivity index (χ1v) is 5.71. The van der Waals surface area contributed by atoms with Crippen LogP contribution in [-0.4, -0.2) is 23.3 Å². The first-order chi connectivity index (χ1) is 7.88. The fourth-order valence-corrected chi connectivity index (χ4v) is 2.05. The van der Waals surface area contributed by atoms with Gasteiger partial charge in [0.15, 0.2) is 11.5 Å². The third kappa shape index (κ3) is 2.89. The van der Waals surface area contributed by atoms with Gasteiger partial charge in [-0.25, -0.2) is 0 Å². The molecule has 0 saturated heterocycles. The lowest BCUT2D eigenvalue weighted by Crippen LogP contribution is -2.16. The van der Waals surface area contributed by atoms with E-state index in [0.717, 1.165) is 0 Å². The molecule has 0 aliphatic rings. The van der Waals surface area contributed by atoms with Crippen LogP contribution in [0.4, 0.5) is 0 Å². The maximum atomic E-state index is 10.6. The fourth-order valence-electron chi connectivity index (χ4n) is 1.63. The number of hydrogen-bond acceptors (Lipinski definition) is 4. The molecule has 4 N–H and O–H groups in total. The highest BCUT2D eigenvalue weighted by molar-refractivity contribution is 9.10. The molecule has 1 aromatic carbocycles. The Labute approximate surface area is 107 Å². The third-order valence-corrected chi connectivity index (χ3v) is 3.32. The van der Waals surface area contributed by atoms with Gasteiger partial charge in [-0.1, -0.05) is 15.9 Å². The van der Waals surface area contributed by atoms with E-state index in [-0.39, 0.29) is 17.9 Å². The molecule has 0 amide bonds. The number of phenols is 1. The van der Waals surface area contributed by atoms with Gasteiger partial charge in [0.1, 0.15) is 0 Å². The van der Waals surface area contributed by atoms with Crippen molar-refractivity contribution in [3.8, 4) is 11.5 Å². The van der Waals surface area contributed by atoms with Crippen LogP contribution in [0.2, 0.25) is 0 Å². The number of aliphatic carboxylic acids is 1. The molecule has 0 saturated carbocycles. The van der Waals surface area contributed by atoms with Gasteiger partial charge >= 0.3 is 5.97 Å². The Kier molecular flexibility index (Phi) is 4.36. The summed E-state index contributed by atoms with van der Waals surface area (Å²) >= 11 is 3.31. The van der Waals surface area contributed by atoms with Crippen LogP contribution in [0.1, 0.15) is 23.6 Å². The topological polar surface area (TPSA) is 92.8 Å². The predicted octanol–water partition coefficient (Wildman–Crippen LogP) is 1.95. The smallest absolute Gasteiger partial charge is 0.305 e. The van der Waals surface area contributed by atoms with E-state index in [9.17, 15) is 9.90 Å². The molecule has 0 aromatic heterocycles. The van der Waals surface area contributed by atoms with E-state index in [2.05, 4.69) is 15.9 Å². The van der Waals surface area contributed by atoms with Gasteiger partial charge in [0.05, 0.1) is 13.5 Å². The number of hydrogen-bond donors (Lipinski definition) is 3. The van der Waals surface area contributed by atoms with Crippen molar-refractivity contribution >= 4 is 21.9 Å². The summed E-state index contributed by atoms with van der Waals surface area (Å²) in [5.74, 6) is -0.865. The van der Waals surface area contributed by atoms with Gasteiger partial charge in [0.25, 0.3) is 0 Å². The average molecular weight is 304 g/mol. The van der Waals surface area contributed by atoms with Crippen molar-refractivity contribution in [2.45, 2.75) is 19.4 Å². The molecule has 0 bridgehead atoms. The quantitative estimate of drug-likeness (QED) is 0.790. The average Bonchev–Trinajstić information content (AvgIpc) is 2.22. The lowest BCUT2D eigenvalue weighted by atomic mass is 9.98. The summed E-state index contributed by atoms with van der Waals surface area (Å²) in [5, 5.41) is 18.7. The van der Waals surface area contributed by atoms with Crippen LogP contribution in [0, 0.1) is 6.92 Å². The molecule has 1 unspecified atom stereocenters. The Morgan fingerprint density at radius 1 is 1.65 bits per heavy atom. The van der Waals surface area contributed by atoms with Crippen molar-refractivity contribution in [2.24, 2.45) is 5.73 Å². The second kappa shape index (κ2) is 5.37. The first-order valence-electron chi connectivity index (χ1n) is 4.91. The number of carbonyl (C=O) groups is 1. The van der Waals surface area contributed by atoms with Gasteiger partial charge in [-0.05, 0) is 18.6 Å². The second-order valence-electron chi connectivity index (χ2n) is 3.65. The number of carboxylic acid groups (broad SMARTS) is 1. The van der Waals surface area contributed by atoms with Gasteiger partial charge in [0, 0.05) is 16.1 Å². The summed E-state index contributed by atoms with van der Waals surface area (Å²) in [6, 6.07) is 0.834. The number of halogens is 1. The zero-order valence-corrected chi connectivity index (χ0v) is 11.1. The second-order valence-corrected chi connectivity index (χ2v) is 4.51. The summed E-state index contributed by atoms with van der Waals surface area (Å²) in [7, 11) is 1.42. The van der Waals surface area contributed by atoms with E-state index in [0.29, 0.717) is 15.6 Å². The van der Waals surface area contributed by atoms with Gasteiger partial charge < -0.3 is 20.7 Å². The summed E-state index contributed by atoms with van der Waals surface area (Å²) in [5.41, 5.74) is 6.87. The zero-order valence-electron chi connectivity index (χ0n) is 9.53. The maximum absolute atomic E-state index is 10.6.